The molecule has 2 aromatic carbocycles. The highest BCUT2D eigenvalue weighted by Crippen LogP contribution is 2.26. The van der Waals surface area contributed by atoms with Crippen LogP contribution in [-0.2, 0) is 19.6 Å². The summed E-state index contributed by atoms with van der Waals surface area (Å²) in [5.41, 5.74) is 3.84. The van der Waals surface area contributed by atoms with Crippen molar-refractivity contribution in [1.29, 1.82) is 0 Å². The number of hydrogen-bond acceptors (Lipinski definition) is 4. The van der Waals surface area contributed by atoms with Crippen LogP contribution in [0, 0.1) is 5.92 Å². The number of nitrogens with zero attached hydrogens (tertiary/aromatic N) is 3. The Bertz CT molecular complexity index is 1120. The molecule has 4 rings (SSSR count). The Morgan fingerprint density at radius 3 is 2.37 bits per heavy atom. The van der Waals surface area contributed by atoms with Crippen LogP contribution in [0.15, 0.2) is 66.9 Å². The largest absolute Gasteiger partial charge is 0.480 e. The van der Waals surface area contributed by atoms with Crippen molar-refractivity contribution in [1.82, 2.24) is 14.5 Å². The van der Waals surface area contributed by atoms with Gasteiger partial charge in [-0.2, -0.15) is 0 Å². The van der Waals surface area contributed by atoms with E-state index < -0.39 is 0 Å². The third-order valence-electron chi connectivity index (χ3n) is 4.98. The van der Waals surface area contributed by atoms with E-state index in [0.29, 0.717) is 30.8 Å². The fraction of sp³-hybridized carbons (Fsp3) is 0.280. The van der Waals surface area contributed by atoms with E-state index >= 15 is 0 Å². The fourth-order valence-corrected chi connectivity index (χ4v) is 3.54. The van der Waals surface area contributed by atoms with Crippen LogP contribution >= 0.6 is 0 Å². The lowest BCUT2D eigenvalue weighted by Crippen LogP contribution is -2.11. The van der Waals surface area contributed by atoms with E-state index in [0.717, 1.165) is 28.9 Å². The van der Waals surface area contributed by atoms with Crippen LogP contribution < -0.4 is 9.47 Å². The Morgan fingerprint density at radius 2 is 1.60 bits per heavy atom. The first-order valence-corrected chi connectivity index (χ1v) is 10.3. The average molecular weight is 402 g/mol. The topological polar surface area (TPSA) is 49.2 Å². The first kappa shape index (κ1) is 20.0. The highest BCUT2D eigenvalue weighted by Gasteiger charge is 2.18. The molecule has 0 aliphatic carbocycles. The molecule has 0 N–H and O–H groups in total. The fourth-order valence-electron chi connectivity index (χ4n) is 3.54. The van der Waals surface area contributed by atoms with Crippen molar-refractivity contribution in [3.05, 3.63) is 83.8 Å². The lowest BCUT2D eigenvalue weighted by Gasteiger charge is -2.16. The number of aromatic nitrogens is 3. The zero-order chi connectivity index (χ0) is 20.9. The molecule has 154 valence electrons. The molecular weight excluding hydrogens is 374 g/mol. The summed E-state index contributed by atoms with van der Waals surface area (Å²) >= 11 is 0. The second-order valence-corrected chi connectivity index (χ2v) is 7.81. The number of para-hydroxylation sites is 1. The molecule has 0 bridgehead atoms. The van der Waals surface area contributed by atoms with Gasteiger partial charge in [0.2, 0.25) is 11.8 Å². The van der Waals surface area contributed by atoms with Crippen LogP contribution in [0.1, 0.15) is 30.8 Å². The zero-order valence-corrected chi connectivity index (χ0v) is 17.7. The number of benzene rings is 2. The molecule has 2 heterocycles. The molecule has 4 aromatic rings. The molecule has 0 amide bonds. The quantitative estimate of drug-likeness (QED) is 0.404. The van der Waals surface area contributed by atoms with Crippen molar-refractivity contribution < 1.29 is 9.47 Å². The van der Waals surface area contributed by atoms with Crippen LogP contribution in [0.5, 0.6) is 11.8 Å². The first-order chi connectivity index (χ1) is 14.6. The van der Waals surface area contributed by atoms with Crippen molar-refractivity contribution in [3.8, 4) is 11.8 Å². The summed E-state index contributed by atoms with van der Waals surface area (Å²) in [5, 5.41) is 1.20. The predicted molar refractivity (Wildman–Crippen MR) is 119 cm³/mol. The Labute approximate surface area is 177 Å². The molecule has 0 radical (unpaired) electrons. The van der Waals surface area contributed by atoms with Gasteiger partial charge in [0.15, 0.2) is 0 Å². The van der Waals surface area contributed by atoms with Crippen molar-refractivity contribution in [2.45, 2.75) is 33.4 Å². The third kappa shape index (κ3) is 4.46. The Morgan fingerprint density at radius 1 is 0.867 bits per heavy atom. The van der Waals surface area contributed by atoms with Crippen LogP contribution in [0.4, 0.5) is 0 Å². The monoisotopic (exact) mass is 401 g/mol. The van der Waals surface area contributed by atoms with Crippen LogP contribution in [-0.4, -0.2) is 21.6 Å². The van der Waals surface area contributed by atoms with Crippen LogP contribution in [0.3, 0.4) is 0 Å². The van der Waals surface area contributed by atoms with Gasteiger partial charge >= 0.3 is 0 Å². The van der Waals surface area contributed by atoms with Crippen molar-refractivity contribution >= 4 is 10.9 Å². The number of fused-ring (bicyclic) bond motifs is 1. The van der Waals surface area contributed by atoms with Gasteiger partial charge in [0.25, 0.3) is 0 Å². The molecule has 0 spiro atoms. The molecule has 5 heteroatoms. The zero-order valence-electron chi connectivity index (χ0n) is 17.7. The molecule has 2 aromatic heterocycles. The lowest BCUT2D eigenvalue weighted by atomic mass is 10.1. The van der Waals surface area contributed by atoms with E-state index in [1.807, 2.05) is 42.5 Å². The summed E-state index contributed by atoms with van der Waals surface area (Å²) in [5.74, 6) is 1.57. The number of methoxy groups -OCH3 is 1. The van der Waals surface area contributed by atoms with Crippen molar-refractivity contribution in [3.63, 3.8) is 0 Å². The highest BCUT2D eigenvalue weighted by molar-refractivity contribution is 5.80. The molecule has 0 aliphatic heterocycles. The first-order valence-electron chi connectivity index (χ1n) is 10.3. The standard InChI is InChI=1S/C25H27N3O2/c1-18(2)15-21-25(30-17-19-9-5-4-6-10-19)27-22(24(26-21)29-3)16-28-14-13-20-11-7-8-12-23(20)28/h4-14,18H,15-17H2,1-3H3. The van der Waals surface area contributed by atoms with Gasteiger partial charge in [0.05, 0.1) is 13.7 Å². The van der Waals surface area contributed by atoms with Crippen molar-refractivity contribution in [2.24, 2.45) is 5.92 Å². The van der Waals surface area contributed by atoms with E-state index in [9.17, 15) is 0 Å². The van der Waals surface area contributed by atoms with Gasteiger partial charge in [0, 0.05) is 11.7 Å². The normalized spacial score (nSPS) is 11.2. The SMILES string of the molecule is COc1nc(CC(C)C)c(OCc2ccccc2)nc1Cn1ccc2ccccc21. The Balaban J connectivity index is 1.68. The van der Waals surface area contributed by atoms with E-state index in [-0.39, 0.29) is 0 Å². The summed E-state index contributed by atoms with van der Waals surface area (Å²) in [4.78, 5) is 9.64. The maximum absolute atomic E-state index is 6.13. The molecule has 0 unspecified atom stereocenters. The highest BCUT2D eigenvalue weighted by atomic mass is 16.5. The molecular formula is C25H27N3O2. The summed E-state index contributed by atoms with van der Waals surface area (Å²) < 4.78 is 13.9. The Hall–Kier alpha value is -3.34. The maximum Gasteiger partial charge on any atom is 0.237 e. The predicted octanol–water partition coefficient (Wildman–Crippen LogP) is 5.27. The summed E-state index contributed by atoms with van der Waals surface area (Å²) in [6.45, 7) is 5.34. The third-order valence-corrected chi connectivity index (χ3v) is 4.98. The minimum absolute atomic E-state index is 0.433. The molecule has 0 aliphatic rings. The van der Waals surface area contributed by atoms with Crippen LogP contribution in [0.25, 0.3) is 10.9 Å². The van der Waals surface area contributed by atoms with Crippen molar-refractivity contribution in [2.75, 3.05) is 7.11 Å². The van der Waals surface area contributed by atoms with E-state index in [4.69, 9.17) is 19.4 Å². The van der Waals surface area contributed by atoms with Gasteiger partial charge in [-0.05, 0) is 35.4 Å². The lowest BCUT2D eigenvalue weighted by molar-refractivity contribution is 0.282. The van der Waals surface area contributed by atoms with Gasteiger partial charge in [0.1, 0.15) is 18.0 Å². The molecule has 0 fully saturated rings. The van der Waals surface area contributed by atoms with Gasteiger partial charge in [-0.25, -0.2) is 9.97 Å². The van der Waals surface area contributed by atoms with Gasteiger partial charge in [-0.3, -0.25) is 0 Å². The van der Waals surface area contributed by atoms with Gasteiger partial charge in [-0.15, -0.1) is 0 Å². The smallest absolute Gasteiger partial charge is 0.237 e. The minimum Gasteiger partial charge on any atom is -0.480 e. The Kier molecular flexibility index (Phi) is 5.98. The second-order valence-electron chi connectivity index (χ2n) is 7.81. The maximum atomic E-state index is 6.13. The summed E-state index contributed by atoms with van der Waals surface area (Å²) in [6.07, 6.45) is 2.85. The van der Waals surface area contributed by atoms with E-state index in [2.05, 4.69) is 42.8 Å². The second kappa shape index (κ2) is 8.99. The van der Waals surface area contributed by atoms with Crippen LogP contribution in [0.2, 0.25) is 0 Å². The van der Waals surface area contributed by atoms with E-state index in [1.165, 1.54) is 5.39 Å². The molecule has 0 atom stereocenters. The number of ether oxygens (including phenoxy) is 2. The van der Waals surface area contributed by atoms with E-state index in [1.54, 1.807) is 7.11 Å². The molecule has 0 saturated heterocycles. The molecule has 30 heavy (non-hydrogen) atoms. The molecule has 0 saturated carbocycles. The minimum atomic E-state index is 0.433. The number of rotatable bonds is 8. The molecule has 5 nitrogen and oxygen atoms in total. The summed E-state index contributed by atoms with van der Waals surface area (Å²) in [6, 6.07) is 20.5. The van der Waals surface area contributed by atoms with Gasteiger partial charge < -0.3 is 14.0 Å². The van der Waals surface area contributed by atoms with Gasteiger partial charge in [-0.1, -0.05) is 62.4 Å². The number of hydrogen-bond donors (Lipinski definition) is 0. The average Bonchev–Trinajstić information content (AvgIpc) is 3.16. The summed E-state index contributed by atoms with van der Waals surface area (Å²) in [7, 11) is 1.64.